The van der Waals surface area contributed by atoms with E-state index in [0.29, 0.717) is 47.6 Å². The van der Waals surface area contributed by atoms with Gasteiger partial charge >= 0.3 is 0 Å². The molecule has 0 bridgehead atoms. The van der Waals surface area contributed by atoms with Crippen LogP contribution >= 0.6 is 11.6 Å². The largest absolute Gasteiger partial charge is 0.394 e. The number of carbonyl (C=O) groups excluding carboxylic acids is 2. The predicted octanol–water partition coefficient (Wildman–Crippen LogP) is 2.31. The van der Waals surface area contributed by atoms with Crippen LogP contribution in [0.2, 0.25) is 5.02 Å². The lowest BCUT2D eigenvalue weighted by Gasteiger charge is -2.20. The molecular formula is C28H31ClN6O4. The number of carbonyl (C=O) groups is 2. The van der Waals surface area contributed by atoms with Crippen LogP contribution < -0.4 is 16.0 Å². The van der Waals surface area contributed by atoms with Gasteiger partial charge in [-0.2, -0.15) is 0 Å². The number of aryl methyl sites for hydroxylation is 1. The zero-order valence-corrected chi connectivity index (χ0v) is 22.4. The quantitative estimate of drug-likeness (QED) is 0.336. The van der Waals surface area contributed by atoms with E-state index in [1.54, 1.807) is 6.07 Å². The standard InChI is InChI=1S/C28H31ClN6O4/c1-17-3-2-4-18(9-17)24(15-36)33-25(37)14-35-13-20-6-5-19(10-22(20)27(35)38)26-23(29)12-31-28(34-26)32-21-11-30-7-8-39-16-21/h2-6,9-10,12,21,24,30,36H,7-8,11,13-16H2,1H3,(H,33,37)(H,31,32,34)/t21?,24-/m1/s1. The number of aliphatic hydroxyl groups is 1. The highest BCUT2D eigenvalue weighted by Gasteiger charge is 2.30. The number of amides is 2. The van der Waals surface area contributed by atoms with Gasteiger partial charge in [0, 0.05) is 30.8 Å². The molecule has 2 aliphatic heterocycles. The molecule has 2 atom stereocenters. The first-order chi connectivity index (χ1) is 18.9. The Kier molecular flexibility index (Phi) is 8.37. The van der Waals surface area contributed by atoms with Crippen LogP contribution in [0.25, 0.3) is 11.3 Å². The summed E-state index contributed by atoms with van der Waals surface area (Å²) in [6, 6.07) is 12.5. The third-order valence-corrected chi connectivity index (χ3v) is 7.05. The maximum Gasteiger partial charge on any atom is 0.254 e. The Morgan fingerprint density at radius 3 is 3.00 bits per heavy atom. The number of ether oxygens (including phenoxy) is 1. The van der Waals surface area contributed by atoms with E-state index in [1.165, 1.54) is 11.1 Å². The van der Waals surface area contributed by atoms with Crippen molar-refractivity contribution in [3.8, 4) is 11.3 Å². The van der Waals surface area contributed by atoms with Crippen molar-refractivity contribution < 1.29 is 19.4 Å². The molecule has 1 aromatic heterocycles. The zero-order valence-electron chi connectivity index (χ0n) is 21.6. The monoisotopic (exact) mass is 550 g/mol. The molecule has 5 rings (SSSR count). The Balaban J connectivity index is 1.27. The molecule has 10 nitrogen and oxygen atoms in total. The summed E-state index contributed by atoms with van der Waals surface area (Å²) in [5.41, 5.74) is 4.35. The van der Waals surface area contributed by atoms with Crippen LogP contribution in [-0.4, -0.2) is 77.3 Å². The minimum absolute atomic E-state index is 0.0131. The van der Waals surface area contributed by atoms with Crippen LogP contribution in [0.15, 0.2) is 48.7 Å². The fraction of sp³-hybridized carbons (Fsp3) is 0.357. The van der Waals surface area contributed by atoms with Crippen molar-refractivity contribution in [2.75, 3.05) is 44.8 Å². The smallest absolute Gasteiger partial charge is 0.254 e. The second-order valence-electron chi connectivity index (χ2n) is 9.76. The number of aromatic nitrogens is 2. The van der Waals surface area contributed by atoms with Crippen molar-refractivity contribution in [2.45, 2.75) is 25.6 Å². The average molecular weight is 551 g/mol. The van der Waals surface area contributed by atoms with Crippen LogP contribution in [0.5, 0.6) is 0 Å². The average Bonchev–Trinajstić information content (AvgIpc) is 3.07. The van der Waals surface area contributed by atoms with Gasteiger partial charge in [-0.1, -0.05) is 53.6 Å². The summed E-state index contributed by atoms with van der Waals surface area (Å²) < 4.78 is 5.58. The summed E-state index contributed by atoms with van der Waals surface area (Å²) in [7, 11) is 0. The van der Waals surface area contributed by atoms with Gasteiger partial charge in [-0.15, -0.1) is 0 Å². The summed E-state index contributed by atoms with van der Waals surface area (Å²) >= 11 is 6.45. The van der Waals surface area contributed by atoms with Gasteiger partial charge in [0.2, 0.25) is 11.9 Å². The molecular weight excluding hydrogens is 520 g/mol. The third-order valence-electron chi connectivity index (χ3n) is 6.77. The number of benzene rings is 2. The highest BCUT2D eigenvalue weighted by molar-refractivity contribution is 6.33. The summed E-state index contributed by atoms with van der Waals surface area (Å²) in [4.78, 5) is 36.4. The van der Waals surface area contributed by atoms with Gasteiger partial charge in [-0.3, -0.25) is 9.59 Å². The molecule has 3 aromatic rings. The van der Waals surface area contributed by atoms with Crippen molar-refractivity contribution >= 4 is 29.4 Å². The van der Waals surface area contributed by atoms with Crippen LogP contribution in [0, 0.1) is 6.92 Å². The van der Waals surface area contributed by atoms with Gasteiger partial charge in [0.15, 0.2) is 0 Å². The van der Waals surface area contributed by atoms with Gasteiger partial charge < -0.3 is 30.7 Å². The Hall–Kier alpha value is -3.57. The van der Waals surface area contributed by atoms with Gasteiger partial charge in [-0.05, 0) is 24.1 Å². The summed E-state index contributed by atoms with van der Waals surface area (Å²) in [5.74, 6) is -0.171. The van der Waals surface area contributed by atoms with Crippen molar-refractivity contribution in [3.63, 3.8) is 0 Å². The fourth-order valence-electron chi connectivity index (χ4n) is 4.79. The van der Waals surface area contributed by atoms with Gasteiger partial charge in [-0.25, -0.2) is 9.97 Å². The highest BCUT2D eigenvalue weighted by atomic mass is 35.5. The van der Waals surface area contributed by atoms with Crippen LogP contribution in [0.3, 0.4) is 0 Å². The normalized spacial score (nSPS) is 17.9. The number of rotatable bonds is 8. The van der Waals surface area contributed by atoms with E-state index in [2.05, 4.69) is 25.9 Å². The molecule has 0 spiro atoms. The van der Waals surface area contributed by atoms with Gasteiger partial charge in [0.1, 0.15) is 6.54 Å². The summed E-state index contributed by atoms with van der Waals surface area (Å²) in [6.07, 6.45) is 1.54. The lowest BCUT2D eigenvalue weighted by atomic mass is 10.0. The van der Waals surface area contributed by atoms with E-state index in [4.69, 9.17) is 16.3 Å². The lowest BCUT2D eigenvalue weighted by Crippen LogP contribution is -2.40. The molecule has 1 unspecified atom stereocenters. The molecule has 11 heteroatoms. The SMILES string of the molecule is Cc1cccc([C@@H](CO)NC(=O)CN2Cc3ccc(-c4nc(NC5CNCCOC5)ncc4Cl)cc3C2=O)c1. The number of hydrogen-bond donors (Lipinski definition) is 4. The van der Waals surface area contributed by atoms with Crippen LogP contribution in [-0.2, 0) is 16.1 Å². The topological polar surface area (TPSA) is 129 Å². The summed E-state index contributed by atoms with van der Waals surface area (Å²) in [6.45, 7) is 4.61. The molecule has 2 aromatic carbocycles. The highest BCUT2D eigenvalue weighted by Crippen LogP contribution is 2.31. The van der Waals surface area contributed by atoms with Gasteiger partial charge in [0.05, 0.1) is 48.8 Å². The first kappa shape index (κ1) is 27.0. The van der Waals surface area contributed by atoms with Crippen molar-refractivity contribution in [3.05, 3.63) is 75.9 Å². The molecule has 1 fully saturated rings. The Morgan fingerprint density at radius 1 is 1.31 bits per heavy atom. The maximum absolute atomic E-state index is 13.2. The molecule has 0 radical (unpaired) electrons. The first-order valence-corrected chi connectivity index (χ1v) is 13.3. The van der Waals surface area contributed by atoms with E-state index in [-0.39, 0.29) is 31.0 Å². The minimum atomic E-state index is -0.549. The maximum atomic E-state index is 13.2. The zero-order chi connectivity index (χ0) is 27.4. The predicted molar refractivity (Wildman–Crippen MR) is 147 cm³/mol. The van der Waals surface area contributed by atoms with Crippen LogP contribution in [0.1, 0.15) is 33.1 Å². The van der Waals surface area contributed by atoms with Crippen molar-refractivity contribution in [2.24, 2.45) is 0 Å². The molecule has 204 valence electrons. The van der Waals surface area contributed by atoms with E-state index < -0.39 is 6.04 Å². The molecule has 39 heavy (non-hydrogen) atoms. The Bertz CT molecular complexity index is 1360. The van der Waals surface area contributed by atoms with Gasteiger partial charge in [0.25, 0.3) is 5.91 Å². The second kappa shape index (κ2) is 12.1. The molecule has 1 saturated heterocycles. The minimum Gasteiger partial charge on any atom is -0.394 e. The van der Waals surface area contributed by atoms with E-state index in [0.717, 1.165) is 29.8 Å². The fourth-order valence-corrected chi connectivity index (χ4v) is 4.99. The molecule has 4 N–H and O–H groups in total. The number of hydrogen-bond acceptors (Lipinski definition) is 8. The Labute approximate surface area is 231 Å². The number of anilines is 1. The summed E-state index contributed by atoms with van der Waals surface area (Å²) in [5, 5.41) is 19.6. The van der Waals surface area contributed by atoms with E-state index in [9.17, 15) is 14.7 Å². The third kappa shape index (κ3) is 6.36. The number of aliphatic hydroxyl groups excluding tert-OH is 1. The number of halogens is 1. The lowest BCUT2D eigenvalue weighted by molar-refractivity contribution is -0.122. The number of fused-ring (bicyclic) bond motifs is 1. The molecule has 2 aliphatic rings. The number of nitrogens with zero attached hydrogens (tertiary/aromatic N) is 3. The van der Waals surface area contributed by atoms with E-state index >= 15 is 0 Å². The second-order valence-corrected chi connectivity index (χ2v) is 10.2. The molecule has 3 heterocycles. The molecule has 2 amide bonds. The van der Waals surface area contributed by atoms with Crippen molar-refractivity contribution in [1.82, 2.24) is 25.5 Å². The Morgan fingerprint density at radius 2 is 2.18 bits per heavy atom. The van der Waals surface area contributed by atoms with Crippen LogP contribution in [0.4, 0.5) is 5.95 Å². The van der Waals surface area contributed by atoms with E-state index in [1.807, 2.05) is 43.3 Å². The number of nitrogens with one attached hydrogen (secondary N) is 3. The first-order valence-electron chi connectivity index (χ1n) is 12.9. The molecule has 0 saturated carbocycles. The van der Waals surface area contributed by atoms with Crippen molar-refractivity contribution in [1.29, 1.82) is 0 Å². The molecule has 0 aliphatic carbocycles.